The van der Waals surface area contributed by atoms with Gasteiger partial charge in [-0.05, 0) is 106 Å². The monoisotopic (exact) mass is 455 g/mol. The highest BCUT2D eigenvalue weighted by molar-refractivity contribution is 5.21. The fourth-order valence-electron chi connectivity index (χ4n) is 9.33. The molecule has 1 aromatic rings. The van der Waals surface area contributed by atoms with Crippen LogP contribution in [0.25, 0.3) is 0 Å². The second-order valence-corrected chi connectivity index (χ2v) is 12.4. The third-order valence-corrected chi connectivity index (χ3v) is 10.5. The van der Waals surface area contributed by atoms with Crippen LogP contribution in [0.2, 0.25) is 0 Å². The fraction of sp³-hybridized carbons (Fsp3) is 0.852. The smallest absolute Gasteiger partial charge is 0.102 e. The molecule has 0 amide bonds. The van der Waals surface area contributed by atoms with Crippen molar-refractivity contribution in [1.29, 1.82) is 5.26 Å². The number of methoxy groups -OCH3 is 1. The molecular weight excluding hydrogens is 414 g/mol. The Balaban J connectivity index is 1.31. The maximum atomic E-state index is 11.7. The molecule has 0 aliphatic heterocycles. The average molecular weight is 456 g/mol. The molecule has 0 aromatic carbocycles. The van der Waals surface area contributed by atoms with Crippen LogP contribution < -0.4 is 0 Å². The molecule has 1 heterocycles. The molecule has 4 fully saturated rings. The standard InChI is InChI=1S/C27H41N3O3/c1-25-10-8-21-20-9-11-27(32,17-33-3)12-19(20)4-5-22(21)23(25)6-7-24(25)26(2,31)16-30-15-18(13-28)14-29-30/h14-15,19-24,31-32H,4-12,16-17H2,1-3H3/t19-,20+,21-,22-,23?,24+,25+,26-,27-/m1/s1. The minimum Gasteiger partial charge on any atom is -0.388 e. The molecule has 182 valence electrons. The predicted octanol–water partition coefficient (Wildman–Crippen LogP) is 4.15. The molecule has 0 saturated heterocycles. The zero-order valence-electron chi connectivity index (χ0n) is 20.5. The quantitative estimate of drug-likeness (QED) is 0.696. The summed E-state index contributed by atoms with van der Waals surface area (Å²) in [6.45, 7) is 5.35. The Morgan fingerprint density at radius 3 is 2.70 bits per heavy atom. The van der Waals surface area contributed by atoms with Gasteiger partial charge in [0.15, 0.2) is 0 Å². The Labute approximate surface area is 198 Å². The van der Waals surface area contributed by atoms with Crippen molar-refractivity contribution in [1.82, 2.24) is 9.78 Å². The minimum absolute atomic E-state index is 0.161. The van der Waals surface area contributed by atoms with E-state index in [9.17, 15) is 10.2 Å². The lowest BCUT2D eigenvalue weighted by Gasteiger charge is -2.58. The van der Waals surface area contributed by atoms with Gasteiger partial charge in [0.1, 0.15) is 6.07 Å². The largest absolute Gasteiger partial charge is 0.388 e. The van der Waals surface area contributed by atoms with Gasteiger partial charge in [0.05, 0.1) is 36.1 Å². The topological polar surface area (TPSA) is 91.3 Å². The molecule has 1 aromatic heterocycles. The van der Waals surface area contributed by atoms with Gasteiger partial charge >= 0.3 is 0 Å². The lowest BCUT2D eigenvalue weighted by atomic mass is 9.48. The summed E-state index contributed by atoms with van der Waals surface area (Å²) in [5.41, 5.74) is -0.758. The van der Waals surface area contributed by atoms with Crippen molar-refractivity contribution in [3.63, 3.8) is 0 Å². The van der Waals surface area contributed by atoms with Gasteiger partial charge in [0.2, 0.25) is 0 Å². The molecule has 0 bridgehead atoms. The summed E-state index contributed by atoms with van der Waals surface area (Å²) in [4.78, 5) is 0. The zero-order valence-corrected chi connectivity index (χ0v) is 20.5. The van der Waals surface area contributed by atoms with Crippen LogP contribution >= 0.6 is 0 Å². The van der Waals surface area contributed by atoms with Crippen LogP contribution in [-0.4, -0.2) is 44.9 Å². The lowest BCUT2D eigenvalue weighted by Crippen LogP contribution is -2.54. The van der Waals surface area contributed by atoms with E-state index in [0.717, 1.165) is 43.4 Å². The number of hydrogen-bond donors (Lipinski definition) is 2. The van der Waals surface area contributed by atoms with E-state index in [-0.39, 0.29) is 11.3 Å². The van der Waals surface area contributed by atoms with Crippen molar-refractivity contribution < 1.29 is 14.9 Å². The van der Waals surface area contributed by atoms with Crippen LogP contribution in [0, 0.1) is 52.3 Å². The number of nitrogens with zero attached hydrogens (tertiary/aromatic N) is 3. The molecule has 6 heteroatoms. The number of aromatic nitrogens is 2. The molecule has 4 saturated carbocycles. The average Bonchev–Trinajstić information content (AvgIpc) is 3.36. The van der Waals surface area contributed by atoms with Gasteiger partial charge in [-0.15, -0.1) is 0 Å². The van der Waals surface area contributed by atoms with E-state index in [4.69, 9.17) is 10.00 Å². The highest BCUT2D eigenvalue weighted by Gasteiger charge is 2.60. The number of aliphatic hydroxyl groups is 2. The van der Waals surface area contributed by atoms with Gasteiger partial charge in [-0.25, -0.2) is 0 Å². The number of hydrogen-bond acceptors (Lipinski definition) is 5. The third-order valence-electron chi connectivity index (χ3n) is 10.5. The Bertz CT molecular complexity index is 907. The van der Waals surface area contributed by atoms with Crippen LogP contribution in [-0.2, 0) is 11.3 Å². The molecule has 0 radical (unpaired) electrons. The second kappa shape index (κ2) is 8.36. The normalized spacial score (nSPS) is 44.2. The minimum atomic E-state index is -0.840. The molecule has 0 spiro atoms. The van der Waals surface area contributed by atoms with Gasteiger partial charge in [0.25, 0.3) is 0 Å². The second-order valence-electron chi connectivity index (χ2n) is 12.4. The van der Waals surface area contributed by atoms with Crippen molar-refractivity contribution in [3.05, 3.63) is 18.0 Å². The van der Waals surface area contributed by atoms with E-state index >= 15 is 0 Å². The van der Waals surface area contributed by atoms with Crippen molar-refractivity contribution >= 4 is 0 Å². The summed E-state index contributed by atoms with van der Waals surface area (Å²) in [7, 11) is 1.70. The van der Waals surface area contributed by atoms with E-state index in [2.05, 4.69) is 18.1 Å². The number of rotatable bonds is 5. The first-order valence-corrected chi connectivity index (χ1v) is 13.1. The Kier molecular flexibility index (Phi) is 5.91. The molecular formula is C27H41N3O3. The number of ether oxygens (including phenoxy) is 1. The van der Waals surface area contributed by atoms with Crippen LogP contribution in [0.15, 0.2) is 12.4 Å². The van der Waals surface area contributed by atoms with Crippen LogP contribution in [0.3, 0.4) is 0 Å². The van der Waals surface area contributed by atoms with Crippen LogP contribution in [0.4, 0.5) is 0 Å². The highest BCUT2D eigenvalue weighted by atomic mass is 16.5. The molecule has 6 nitrogen and oxygen atoms in total. The van der Waals surface area contributed by atoms with Crippen molar-refractivity contribution in [3.8, 4) is 6.07 Å². The van der Waals surface area contributed by atoms with Crippen LogP contribution in [0.5, 0.6) is 0 Å². The fourth-order valence-corrected chi connectivity index (χ4v) is 9.33. The van der Waals surface area contributed by atoms with Crippen molar-refractivity contribution in [2.45, 2.75) is 89.4 Å². The third kappa shape index (κ3) is 3.94. The van der Waals surface area contributed by atoms with E-state index in [1.807, 2.05) is 6.92 Å². The van der Waals surface area contributed by atoms with E-state index in [0.29, 0.717) is 30.6 Å². The number of fused-ring (bicyclic) bond motifs is 5. The van der Waals surface area contributed by atoms with Crippen LogP contribution in [0.1, 0.15) is 77.2 Å². The summed E-state index contributed by atoms with van der Waals surface area (Å²) in [6.07, 6.45) is 13.5. The molecule has 4 aliphatic rings. The predicted molar refractivity (Wildman–Crippen MR) is 125 cm³/mol. The summed E-state index contributed by atoms with van der Waals surface area (Å²) in [5.74, 6) is 3.86. The van der Waals surface area contributed by atoms with E-state index in [1.54, 1.807) is 24.2 Å². The summed E-state index contributed by atoms with van der Waals surface area (Å²) < 4.78 is 7.08. The summed E-state index contributed by atoms with van der Waals surface area (Å²) in [6, 6.07) is 2.13. The number of nitriles is 1. The SMILES string of the molecule is COC[C@@]1(O)CC[C@H]2[C@H](CC[C@H]3C4CC[C@H]([C@](C)(O)Cn5cc(C#N)cn5)[C@@]4(C)CC[C@H]23)C1. The Hall–Kier alpha value is -1.42. The van der Waals surface area contributed by atoms with Gasteiger partial charge < -0.3 is 14.9 Å². The van der Waals surface area contributed by atoms with E-state index in [1.165, 1.54) is 32.1 Å². The maximum Gasteiger partial charge on any atom is 0.102 e. The first kappa shape index (κ1) is 23.3. The van der Waals surface area contributed by atoms with Crippen molar-refractivity contribution in [2.24, 2.45) is 40.9 Å². The van der Waals surface area contributed by atoms with Gasteiger partial charge in [-0.3, -0.25) is 4.68 Å². The zero-order chi connectivity index (χ0) is 23.4. The van der Waals surface area contributed by atoms with Gasteiger partial charge in [-0.1, -0.05) is 6.92 Å². The maximum absolute atomic E-state index is 11.7. The molecule has 4 aliphatic carbocycles. The first-order valence-electron chi connectivity index (χ1n) is 13.1. The van der Waals surface area contributed by atoms with Gasteiger partial charge in [0, 0.05) is 13.3 Å². The Morgan fingerprint density at radius 2 is 1.97 bits per heavy atom. The highest BCUT2D eigenvalue weighted by Crippen LogP contribution is 2.66. The molecule has 2 N–H and O–H groups in total. The van der Waals surface area contributed by atoms with Crippen molar-refractivity contribution in [2.75, 3.05) is 13.7 Å². The summed E-state index contributed by atoms with van der Waals surface area (Å²) in [5, 5.41) is 36.1. The lowest BCUT2D eigenvalue weighted by molar-refractivity contribution is -0.138. The molecule has 5 rings (SSSR count). The summed E-state index contributed by atoms with van der Waals surface area (Å²) >= 11 is 0. The molecule has 33 heavy (non-hydrogen) atoms. The molecule has 9 atom stereocenters. The Morgan fingerprint density at radius 1 is 1.18 bits per heavy atom. The first-order chi connectivity index (χ1) is 15.7. The molecule has 1 unspecified atom stereocenters. The van der Waals surface area contributed by atoms with Gasteiger partial charge in [-0.2, -0.15) is 10.4 Å². The van der Waals surface area contributed by atoms with E-state index < -0.39 is 11.2 Å².